The summed E-state index contributed by atoms with van der Waals surface area (Å²) in [6.45, 7) is -0.402. The highest BCUT2D eigenvalue weighted by atomic mass is 16.5. The van der Waals surface area contributed by atoms with E-state index >= 15 is 0 Å². The molecule has 4 aromatic rings. The smallest absolute Gasteiger partial charge is 0.340 e. The lowest BCUT2D eigenvalue weighted by Crippen LogP contribution is -2.33. The molecule has 0 fully saturated rings. The molecule has 0 spiro atoms. The van der Waals surface area contributed by atoms with Crippen molar-refractivity contribution in [3.8, 4) is 0 Å². The van der Waals surface area contributed by atoms with Crippen LogP contribution in [0, 0.1) is 0 Å². The maximum absolute atomic E-state index is 12.6. The van der Waals surface area contributed by atoms with Crippen molar-refractivity contribution in [3.63, 3.8) is 0 Å². The van der Waals surface area contributed by atoms with E-state index in [0.717, 1.165) is 21.9 Å². The summed E-state index contributed by atoms with van der Waals surface area (Å²) in [7, 11) is 0. The van der Waals surface area contributed by atoms with E-state index in [2.05, 4.69) is 5.32 Å². The van der Waals surface area contributed by atoms with Gasteiger partial charge in [-0.3, -0.25) is 4.79 Å². The molecule has 4 rings (SSSR count). The summed E-state index contributed by atoms with van der Waals surface area (Å²) in [6.07, 6.45) is 0. The predicted molar refractivity (Wildman–Crippen MR) is 122 cm³/mol. The highest BCUT2D eigenvalue weighted by Crippen LogP contribution is 2.23. The van der Waals surface area contributed by atoms with Crippen LogP contribution in [-0.2, 0) is 9.53 Å². The van der Waals surface area contributed by atoms with E-state index in [0.29, 0.717) is 5.69 Å². The number of esters is 1. The third-order valence-corrected chi connectivity index (χ3v) is 5.04. The fraction of sp³-hybridized carbons (Fsp3) is 0.0769. The third-order valence-electron chi connectivity index (χ3n) is 5.04. The first-order valence-electron chi connectivity index (χ1n) is 9.96. The van der Waals surface area contributed by atoms with Crippen LogP contribution in [0.15, 0.2) is 97.1 Å². The highest BCUT2D eigenvalue weighted by molar-refractivity contribution is 6.01. The number of ether oxygens (including phenoxy) is 1. The van der Waals surface area contributed by atoms with Crippen LogP contribution in [0.1, 0.15) is 27.5 Å². The van der Waals surface area contributed by atoms with E-state index in [-0.39, 0.29) is 11.6 Å². The van der Waals surface area contributed by atoms with Crippen LogP contribution in [0.3, 0.4) is 0 Å². The monoisotopic (exact) mass is 410 g/mol. The number of benzene rings is 4. The van der Waals surface area contributed by atoms with E-state index in [1.54, 1.807) is 12.1 Å². The number of fused-ring (bicyclic) bond motifs is 1. The zero-order valence-electron chi connectivity index (χ0n) is 16.8. The van der Waals surface area contributed by atoms with Gasteiger partial charge < -0.3 is 15.8 Å². The number of nitrogens with one attached hydrogen (secondary N) is 1. The van der Waals surface area contributed by atoms with Gasteiger partial charge in [-0.15, -0.1) is 0 Å². The number of nitrogen functional groups attached to an aromatic ring is 1. The van der Waals surface area contributed by atoms with Crippen LogP contribution >= 0.6 is 0 Å². The van der Waals surface area contributed by atoms with Gasteiger partial charge in [-0.2, -0.15) is 0 Å². The van der Waals surface area contributed by atoms with Crippen LogP contribution in [0.2, 0.25) is 0 Å². The molecule has 3 N–H and O–H groups in total. The number of carbonyl (C=O) groups excluding carboxylic acids is 2. The van der Waals surface area contributed by atoms with Crippen LogP contribution in [0.5, 0.6) is 0 Å². The average Bonchev–Trinajstić information content (AvgIpc) is 2.81. The number of anilines is 1. The fourth-order valence-corrected chi connectivity index (χ4v) is 3.50. The van der Waals surface area contributed by atoms with Crippen LogP contribution in [0.25, 0.3) is 10.8 Å². The minimum atomic E-state index is -0.630. The minimum Gasteiger partial charge on any atom is -0.452 e. The Morgan fingerprint density at radius 2 is 1.29 bits per heavy atom. The van der Waals surface area contributed by atoms with Crippen LogP contribution < -0.4 is 11.1 Å². The van der Waals surface area contributed by atoms with Crippen molar-refractivity contribution >= 4 is 28.3 Å². The molecule has 154 valence electrons. The first-order valence-corrected chi connectivity index (χ1v) is 9.96. The Bertz CT molecular complexity index is 1170. The number of hydrogen-bond acceptors (Lipinski definition) is 4. The van der Waals surface area contributed by atoms with Crippen molar-refractivity contribution in [2.75, 3.05) is 12.3 Å². The quantitative estimate of drug-likeness (QED) is 0.363. The first-order chi connectivity index (χ1) is 15.1. The lowest BCUT2D eigenvalue weighted by Gasteiger charge is -2.20. The van der Waals surface area contributed by atoms with Crippen molar-refractivity contribution in [3.05, 3.63) is 114 Å². The molecule has 0 aliphatic carbocycles. The van der Waals surface area contributed by atoms with Crippen LogP contribution in [-0.4, -0.2) is 18.5 Å². The van der Waals surface area contributed by atoms with E-state index < -0.39 is 18.5 Å². The molecule has 0 unspecified atom stereocenters. The predicted octanol–water partition coefficient (Wildman–Crippen LogP) is 4.48. The van der Waals surface area contributed by atoms with Gasteiger partial charge in [0.15, 0.2) is 6.61 Å². The number of nitrogens with two attached hydrogens (primary N) is 1. The van der Waals surface area contributed by atoms with Crippen molar-refractivity contribution < 1.29 is 14.3 Å². The Morgan fingerprint density at radius 1 is 0.774 bits per heavy atom. The van der Waals surface area contributed by atoms with Gasteiger partial charge in [-0.1, -0.05) is 84.9 Å². The van der Waals surface area contributed by atoms with Crippen molar-refractivity contribution in [1.29, 1.82) is 0 Å². The lowest BCUT2D eigenvalue weighted by atomic mass is 9.99. The summed E-state index contributed by atoms with van der Waals surface area (Å²) in [5, 5.41) is 4.76. The molecular formula is C26H22N2O3. The second-order valence-electron chi connectivity index (χ2n) is 7.18. The Labute approximate surface area is 180 Å². The average molecular weight is 410 g/mol. The molecule has 0 atom stereocenters. The zero-order valence-corrected chi connectivity index (χ0v) is 16.8. The van der Waals surface area contributed by atoms with Crippen molar-refractivity contribution in [2.24, 2.45) is 0 Å². The summed E-state index contributed by atoms with van der Waals surface area (Å²) >= 11 is 0. The van der Waals surface area contributed by atoms with Gasteiger partial charge in [-0.25, -0.2) is 4.79 Å². The summed E-state index contributed by atoms with van der Waals surface area (Å²) in [5.74, 6) is -1.03. The normalized spacial score (nSPS) is 10.7. The van der Waals surface area contributed by atoms with Crippen LogP contribution in [0.4, 0.5) is 5.69 Å². The Kier molecular flexibility index (Phi) is 5.94. The second-order valence-corrected chi connectivity index (χ2v) is 7.18. The van der Waals surface area contributed by atoms with Gasteiger partial charge in [0.25, 0.3) is 5.91 Å². The van der Waals surface area contributed by atoms with Crippen molar-refractivity contribution in [1.82, 2.24) is 5.32 Å². The second kappa shape index (κ2) is 9.13. The lowest BCUT2D eigenvalue weighted by molar-refractivity contribution is -0.124. The Balaban J connectivity index is 1.46. The maximum atomic E-state index is 12.6. The standard InChI is InChI=1S/C26H22N2O3/c27-23-16-21-14-8-7-13-20(21)15-22(23)26(30)31-17-24(29)28-25(18-9-3-1-4-10-18)19-11-5-2-6-12-19/h1-16,25H,17,27H2,(H,28,29). The summed E-state index contributed by atoms with van der Waals surface area (Å²) in [4.78, 5) is 25.2. The molecular weight excluding hydrogens is 388 g/mol. The largest absolute Gasteiger partial charge is 0.452 e. The SMILES string of the molecule is Nc1cc2ccccc2cc1C(=O)OCC(=O)NC(c1ccccc1)c1ccccc1. The molecule has 0 aromatic heterocycles. The first kappa shape index (κ1) is 20.2. The number of amides is 1. The van der Waals surface area contributed by atoms with E-state index in [1.807, 2.05) is 84.9 Å². The van der Waals surface area contributed by atoms with Gasteiger partial charge in [0, 0.05) is 5.69 Å². The van der Waals surface area contributed by atoms with Gasteiger partial charge in [-0.05, 0) is 34.0 Å². The topological polar surface area (TPSA) is 81.4 Å². The molecule has 0 saturated carbocycles. The third kappa shape index (κ3) is 4.73. The molecule has 0 bridgehead atoms. The van der Waals surface area contributed by atoms with Gasteiger partial charge in [0.1, 0.15) is 0 Å². The zero-order chi connectivity index (χ0) is 21.6. The van der Waals surface area contributed by atoms with Gasteiger partial charge in [0.2, 0.25) is 0 Å². The summed E-state index contributed by atoms with van der Waals surface area (Å²) in [6, 6.07) is 29.9. The molecule has 0 aliphatic rings. The molecule has 0 heterocycles. The Morgan fingerprint density at radius 3 is 1.87 bits per heavy atom. The maximum Gasteiger partial charge on any atom is 0.340 e. The van der Waals surface area contributed by atoms with E-state index in [9.17, 15) is 9.59 Å². The van der Waals surface area contributed by atoms with Gasteiger partial charge >= 0.3 is 5.97 Å². The number of hydrogen-bond donors (Lipinski definition) is 2. The summed E-state index contributed by atoms with van der Waals surface area (Å²) in [5.41, 5.74) is 8.46. The molecule has 0 saturated heterocycles. The van der Waals surface area contributed by atoms with E-state index in [1.165, 1.54) is 0 Å². The molecule has 0 radical (unpaired) electrons. The number of carbonyl (C=O) groups is 2. The molecule has 4 aromatic carbocycles. The molecule has 0 aliphatic heterocycles. The number of rotatable bonds is 6. The highest BCUT2D eigenvalue weighted by Gasteiger charge is 2.19. The summed E-state index contributed by atoms with van der Waals surface area (Å²) < 4.78 is 5.26. The molecule has 5 heteroatoms. The molecule has 1 amide bonds. The van der Waals surface area contributed by atoms with Crippen molar-refractivity contribution in [2.45, 2.75) is 6.04 Å². The van der Waals surface area contributed by atoms with Gasteiger partial charge in [0.05, 0.1) is 11.6 Å². The Hall–Kier alpha value is -4.12. The minimum absolute atomic E-state index is 0.245. The molecule has 5 nitrogen and oxygen atoms in total. The molecule has 31 heavy (non-hydrogen) atoms. The van der Waals surface area contributed by atoms with E-state index in [4.69, 9.17) is 10.5 Å². The fourth-order valence-electron chi connectivity index (χ4n) is 3.50.